The molecule has 0 aromatic rings. The highest BCUT2D eigenvalue weighted by atomic mass is 16.7. The van der Waals surface area contributed by atoms with Crippen molar-refractivity contribution < 1.29 is 14.3 Å². The number of carbonyl (C=O) groups excluding carboxylic acids is 1. The molecule has 0 saturated carbocycles. The number of hydrogen-bond donors (Lipinski definition) is 0. The molecule has 0 radical (unpaired) electrons. The highest BCUT2D eigenvalue weighted by Gasteiger charge is 2.13. The van der Waals surface area contributed by atoms with Crippen LogP contribution in [0.25, 0.3) is 0 Å². The highest BCUT2D eigenvalue weighted by molar-refractivity contribution is 5.59. The molecule has 0 aromatic carbocycles. The molecule has 0 bridgehead atoms. The molecule has 0 unspecified atom stereocenters. The summed E-state index contributed by atoms with van der Waals surface area (Å²) in [6.45, 7) is 8.73. The van der Waals surface area contributed by atoms with Crippen LogP contribution in [0.2, 0.25) is 0 Å². The Balaban J connectivity index is 3.54. The lowest BCUT2D eigenvalue weighted by molar-refractivity contribution is 0.0396. The molecule has 0 amide bonds. The third-order valence-corrected chi connectivity index (χ3v) is 1.76. The van der Waals surface area contributed by atoms with Crippen LogP contribution in [0.4, 0.5) is 4.79 Å². The van der Waals surface area contributed by atoms with Crippen molar-refractivity contribution in [3.63, 3.8) is 0 Å². The van der Waals surface area contributed by atoms with Gasteiger partial charge in [0, 0.05) is 0 Å². The molecule has 98 valence electrons. The van der Waals surface area contributed by atoms with Crippen LogP contribution >= 0.6 is 0 Å². The molecule has 0 spiro atoms. The molecule has 17 heavy (non-hydrogen) atoms. The first-order chi connectivity index (χ1) is 7.95. The van der Waals surface area contributed by atoms with E-state index in [-0.39, 0.29) is 12.0 Å². The van der Waals surface area contributed by atoms with Crippen LogP contribution in [0.15, 0.2) is 24.3 Å². The lowest BCUT2D eigenvalue weighted by Crippen LogP contribution is -2.19. The van der Waals surface area contributed by atoms with Gasteiger partial charge < -0.3 is 9.47 Å². The van der Waals surface area contributed by atoms with Crippen LogP contribution in [0.5, 0.6) is 0 Å². The van der Waals surface area contributed by atoms with Gasteiger partial charge in [-0.25, -0.2) is 4.79 Å². The van der Waals surface area contributed by atoms with E-state index in [1.165, 1.54) is 0 Å². The summed E-state index contributed by atoms with van der Waals surface area (Å²) in [6.07, 6.45) is 9.27. The molecule has 0 aliphatic heterocycles. The second-order valence-corrected chi connectivity index (χ2v) is 5.00. The van der Waals surface area contributed by atoms with Gasteiger partial charge in [-0.2, -0.15) is 0 Å². The monoisotopic (exact) mass is 240 g/mol. The van der Waals surface area contributed by atoms with Crippen LogP contribution in [0.1, 0.15) is 40.5 Å². The molecule has 0 aliphatic carbocycles. The number of allylic oxidation sites excluding steroid dienone is 3. The summed E-state index contributed by atoms with van der Waals surface area (Å²) >= 11 is 0. The molecule has 0 atom stereocenters. The zero-order valence-electron chi connectivity index (χ0n) is 11.4. The third-order valence-electron chi connectivity index (χ3n) is 1.76. The average Bonchev–Trinajstić information content (AvgIpc) is 2.24. The Morgan fingerprint density at radius 1 is 1.06 bits per heavy atom. The fourth-order valence-corrected chi connectivity index (χ4v) is 0.939. The van der Waals surface area contributed by atoms with Crippen LogP contribution in [-0.4, -0.2) is 19.4 Å². The van der Waals surface area contributed by atoms with E-state index in [4.69, 9.17) is 9.47 Å². The van der Waals surface area contributed by atoms with Gasteiger partial charge in [0.2, 0.25) is 0 Å². The van der Waals surface area contributed by atoms with E-state index in [0.29, 0.717) is 6.61 Å². The lowest BCUT2D eigenvalue weighted by atomic mass is 9.99. The van der Waals surface area contributed by atoms with Gasteiger partial charge in [0.1, 0.15) is 6.61 Å². The minimum Gasteiger partial charge on any atom is -0.434 e. The molecule has 3 nitrogen and oxygen atoms in total. The maximum Gasteiger partial charge on any atom is 0.508 e. The van der Waals surface area contributed by atoms with E-state index in [1.807, 2.05) is 32.9 Å². The van der Waals surface area contributed by atoms with Crippen molar-refractivity contribution in [1.82, 2.24) is 0 Å². The first kappa shape index (κ1) is 15.8. The maximum absolute atomic E-state index is 11.1. The van der Waals surface area contributed by atoms with Crippen LogP contribution < -0.4 is 0 Å². The summed E-state index contributed by atoms with van der Waals surface area (Å²) in [6, 6.07) is 0. The van der Waals surface area contributed by atoms with E-state index in [1.54, 1.807) is 0 Å². The predicted octanol–water partition coefficient (Wildman–Crippen LogP) is 4.10. The fourth-order valence-electron chi connectivity index (χ4n) is 0.939. The molecule has 0 N–H and O–H groups in total. The van der Waals surface area contributed by atoms with Crippen molar-refractivity contribution in [2.45, 2.75) is 40.5 Å². The molecule has 0 rings (SSSR count). The Hall–Kier alpha value is -1.25. The van der Waals surface area contributed by atoms with Crippen molar-refractivity contribution in [2.24, 2.45) is 5.41 Å². The van der Waals surface area contributed by atoms with E-state index >= 15 is 0 Å². The molecule has 0 heterocycles. The molecular weight excluding hydrogens is 216 g/mol. The number of hydrogen-bond acceptors (Lipinski definition) is 3. The molecule has 0 aliphatic rings. The summed E-state index contributed by atoms with van der Waals surface area (Å²) in [5.41, 5.74) is -0.0280. The molecule has 3 heteroatoms. The molecule has 0 saturated heterocycles. The quantitative estimate of drug-likeness (QED) is 0.518. The minimum atomic E-state index is -0.603. The maximum atomic E-state index is 11.1. The van der Waals surface area contributed by atoms with Crippen molar-refractivity contribution in [3.8, 4) is 0 Å². The van der Waals surface area contributed by atoms with Crippen molar-refractivity contribution in [3.05, 3.63) is 24.3 Å². The van der Waals surface area contributed by atoms with Crippen molar-refractivity contribution in [2.75, 3.05) is 13.2 Å². The van der Waals surface area contributed by atoms with Gasteiger partial charge in [0.15, 0.2) is 0 Å². The zero-order chi connectivity index (χ0) is 13.1. The third kappa shape index (κ3) is 12.7. The number of carbonyl (C=O) groups is 1. The van der Waals surface area contributed by atoms with Gasteiger partial charge in [-0.3, -0.25) is 0 Å². The van der Waals surface area contributed by atoms with Gasteiger partial charge in [-0.15, -0.1) is 0 Å². The predicted molar refractivity (Wildman–Crippen MR) is 69.9 cm³/mol. The Kier molecular flexibility index (Phi) is 8.20. The highest BCUT2D eigenvalue weighted by Crippen LogP contribution is 2.13. The molecular formula is C14H24O3. The second-order valence-electron chi connectivity index (χ2n) is 5.00. The summed E-state index contributed by atoms with van der Waals surface area (Å²) < 4.78 is 9.81. The zero-order valence-corrected chi connectivity index (χ0v) is 11.4. The molecule has 0 fully saturated rings. The summed E-state index contributed by atoms with van der Waals surface area (Å²) in [7, 11) is 0. The average molecular weight is 240 g/mol. The van der Waals surface area contributed by atoms with Gasteiger partial charge >= 0.3 is 6.16 Å². The SMILES string of the molecule is CC/C=C\C/C=C\COC(=O)OCC(C)(C)C. The summed E-state index contributed by atoms with van der Waals surface area (Å²) in [5.74, 6) is 0. The number of rotatable bonds is 6. The fraction of sp³-hybridized carbons (Fsp3) is 0.643. The van der Waals surface area contributed by atoms with Crippen LogP contribution in [0.3, 0.4) is 0 Å². The van der Waals surface area contributed by atoms with Gasteiger partial charge in [0.05, 0.1) is 6.61 Å². The minimum absolute atomic E-state index is 0.0280. The smallest absolute Gasteiger partial charge is 0.434 e. The van der Waals surface area contributed by atoms with E-state index < -0.39 is 6.16 Å². The van der Waals surface area contributed by atoms with Gasteiger partial charge in [-0.1, -0.05) is 52.0 Å². The first-order valence-electron chi connectivity index (χ1n) is 6.05. The number of ether oxygens (including phenoxy) is 2. The molecule has 0 aromatic heterocycles. The van der Waals surface area contributed by atoms with Crippen molar-refractivity contribution in [1.29, 1.82) is 0 Å². The van der Waals surface area contributed by atoms with Gasteiger partial charge in [-0.05, 0) is 18.3 Å². The Labute approximate surface area is 104 Å². The van der Waals surface area contributed by atoms with E-state index in [0.717, 1.165) is 12.8 Å². The standard InChI is InChI=1S/C14H24O3/c1-5-6-7-8-9-10-11-16-13(15)17-12-14(2,3)4/h6-7,9-10H,5,8,11-12H2,1-4H3/b7-6-,10-9-. The van der Waals surface area contributed by atoms with E-state index in [9.17, 15) is 4.79 Å². The Bertz CT molecular complexity index is 259. The van der Waals surface area contributed by atoms with Gasteiger partial charge in [0.25, 0.3) is 0 Å². The normalized spacial score (nSPS) is 12.2. The Morgan fingerprint density at radius 3 is 2.29 bits per heavy atom. The first-order valence-corrected chi connectivity index (χ1v) is 6.05. The van der Waals surface area contributed by atoms with Crippen LogP contribution in [0, 0.1) is 5.41 Å². The lowest BCUT2D eigenvalue weighted by Gasteiger charge is -2.17. The topological polar surface area (TPSA) is 35.5 Å². The second kappa shape index (κ2) is 8.85. The van der Waals surface area contributed by atoms with Crippen LogP contribution in [-0.2, 0) is 9.47 Å². The van der Waals surface area contributed by atoms with E-state index in [2.05, 4.69) is 19.1 Å². The summed E-state index contributed by atoms with van der Waals surface area (Å²) in [4.78, 5) is 11.1. The van der Waals surface area contributed by atoms with Crippen molar-refractivity contribution >= 4 is 6.16 Å². The Morgan fingerprint density at radius 2 is 1.71 bits per heavy atom. The largest absolute Gasteiger partial charge is 0.508 e. The summed E-state index contributed by atoms with van der Waals surface area (Å²) in [5, 5.41) is 0.